The number of aromatic nitrogens is 2. The van der Waals surface area contributed by atoms with Crippen LogP contribution in [0.4, 0.5) is 0 Å². The molecule has 3 N–H and O–H groups in total. The van der Waals surface area contributed by atoms with Crippen LogP contribution in [0.1, 0.15) is 24.3 Å². The van der Waals surface area contributed by atoms with E-state index in [2.05, 4.69) is 24.8 Å². The SMILES string of the molecule is O=C1CC(c2ccnc3[nH]ccc23)CC(O)=C1C=NCCN1CCN(CCO)CC1. The highest BCUT2D eigenvalue weighted by atomic mass is 16.3. The Labute approximate surface area is 175 Å². The Balaban J connectivity index is 1.33. The van der Waals surface area contributed by atoms with Gasteiger partial charge in [-0.25, -0.2) is 4.98 Å². The van der Waals surface area contributed by atoms with E-state index in [1.807, 2.05) is 18.3 Å². The van der Waals surface area contributed by atoms with Gasteiger partial charge in [-0.2, -0.15) is 0 Å². The molecule has 2 aliphatic rings. The van der Waals surface area contributed by atoms with E-state index in [1.54, 1.807) is 12.4 Å². The number of fused-ring (bicyclic) bond motifs is 1. The number of aromatic amines is 1. The molecule has 2 aromatic heterocycles. The second-order valence-electron chi connectivity index (χ2n) is 7.97. The van der Waals surface area contributed by atoms with Crippen LogP contribution in [0.15, 0.2) is 40.9 Å². The quantitative estimate of drug-likeness (QED) is 0.597. The van der Waals surface area contributed by atoms with E-state index in [0.29, 0.717) is 25.0 Å². The average molecular weight is 412 g/mol. The topological polar surface area (TPSA) is 105 Å². The first-order valence-electron chi connectivity index (χ1n) is 10.6. The number of ketones is 1. The number of H-pyrrole nitrogens is 1. The molecule has 1 aliphatic carbocycles. The van der Waals surface area contributed by atoms with Crippen LogP contribution in [-0.4, -0.2) is 94.4 Å². The lowest BCUT2D eigenvalue weighted by Crippen LogP contribution is -2.47. The summed E-state index contributed by atoms with van der Waals surface area (Å²) in [5, 5.41) is 20.5. The zero-order valence-electron chi connectivity index (χ0n) is 17.1. The van der Waals surface area contributed by atoms with Gasteiger partial charge in [0.1, 0.15) is 11.4 Å². The fraction of sp³-hybridized carbons (Fsp3) is 0.500. The molecule has 8 heteroatoms. The third-order valence-electron chi connectivity index (χ3n) is 6.06. The van der Waals surface area contributed by atoms with E-state index in [4.69, 9.17) is 5.11 Å². The number of aliphatic hydroxyl groups excluding tert-OH is 2. The van der Waals surface area contributed by atoms with E-state index in [9.17, 15) is 9.90 Å². The number of pyridine rings is 1. The first-order valence-corrected chi connectivity index (χ1v) is 10.6. The summed E-state index contributed by atoms with van der Waals surface area (Å²) in [5.74, 6) is 0.00916. The number of hydrogen-bond donors (Lipinski definition) is 3. The fourth-order valence-corrected chi connectivity index (χ4v) is 4.35. The predicted molar refractivity (Wildman–Crippen MR) is 116 cm³/mol. The third-order valence-corrected chi connectivity index (χ3v) is 6.06. The highest BCUT2D eigenvalue weighted by molar-refractivity contribution is 6.14. The van der Waals surface area contributed by atoms with Gasteiger partial charge in [-0.05, 0) is 23.6 Å². The number of carbonyl (C=O) groups excluding carboxylic acids is 1. The molecule has 30 heavy (non-hydrogen) atoms. The second-order valence-corrected chi connectivity index (χ2v) is 7.97. The molecule has 0 radical (unpaired) electrons. The first kappa shape index (κ1) is 20.7. The standard InChI is InChI=1S/C22H29N5O3/c28-12-11-27-9-7-26(8-10-27)6-5-23-15-19-20(29)13-16(14-21(19)30)17-1-3-24-22-18(17)2-4-25-22/h1-4,15-16,28-29H,5-14H2,(H,24,25). The molecule has 2 aromatic rings. The molecule has 0 saturated carbocycles. The number of Topliss-reactive ketones (excluding diaryl/α,β-unsaturated/α-hetero) is 1. The Kier molecular flexibility index (Phi) is 6.56. The van der Waals surface area contributed by atoms with Crippen molar-refractivity contribution in [3.8, 4) is 0 Å². The largest absolute Gasteiger partial charge is 0.511 e. The van der Waals surface area contributed by atoms with Crippen molar-refractivity contribution in [2.75, 3.05) is 52.4 Å². The summed E-state index contributed by atoms with van der Waals surface area (Å²) >= 11 is 0. The zero-order chi connectivity index (χ0) is 20.9. The molecule has 4 rings (SSSR count). The van der Waals surface area contributed by atoms with Crippen molar-refractivity contribution in [3.63, 3.8) is 0 Å². The smallest absolute Gasteiger partial charge is 0.168 e. The van der Waals surface area contributed by atoms with Gasteiger partial charge >= 0.3 is 0 Å². The number of carbonyl (C=O) groups is 1. The van der Waals surface area contributed by atoms with Gasteiger partial charge in [0, 0.05) is 76.1 Å². The molecule has 1 atom stereocenters. The van der Waals surface area contributed by atoms with E-state index < -0.39 is 0 Å². The lowest BCUT2D eigenvalue weighted by atomic mass is 9.82. The Hall–Kier alpha value is -2.55. The molecule has 160 valence electrons. The lowest BCUT2D eigenvalue weighted by molar-refractivity contribution is -0.116. The van der Waals surface area contributed by atoms with Crippen LogP contribution in [0.5, 0.6) is 0 Å². The molecule has 1 aliphatic heterocycles. The number of aliphatic imine (C=N–C) groups is 1. The molecule has 0 amide bonds. The van der Waals surface area contributed by atoms with Crippen molar-refractivity contribution >= 4 is 23.0 Å². The number of rotatable bonds is 7. The van der Waals surface area contributed by atoms with Gasteiger partial charge in [0.15, 0.2) is 5.78 Å². The zero-order valence-corrected chi connectivity index (χ0v) is 17.1. The van der Waals surface area contributed by atoms with Gasteiger partial charge in [-0.15, -0.1) is 0 Å². The van der Waals surface area contributed by atoms with Gasteiger partial charge in [0.25, 0.3) is 0 Å². The minimum atomic E-state index is -0.0642. The minimum Gasteiger partial charge on any atom is -0.511 e. The molecule has 3 heterocycles. The Bertz CT molecular complexity index is 943. The summed E-state index contributed by atoms with van der Waals surface area (Å²) in [6.07, 6.45) is 5.92. The minimum absolute atomic E-state index is 0.0498. The second kappa shape index (κ2) is 9.51. The molecular formula is C22H29N5O3. The number of piperazine rings is 1. The molecule has 1 saturated heterocycles. The Morgan fingerprint density at radius 1 is 1.17 bits per heavy atom. The normalized spacial score (nSPS) is 21.9. The number of aliphatic hydroxyl groups is 2. The lowest BCUT2D eigenvalue weighted by Gasteiger charge is -2.33. The Morgan fingerprint density at radius 3 is 2.67 bits per heavy atom. The fourth-order valence-electron chi connectivity index (χ4n) is 4.35. The van der Waals surface area contributed by atoms with Gasteiger partial charge in [-0.1, -0.05) is 0 Å². The van der Waals surface area contributed by atoms with Gasteiger partial charge in [0.05, 0.1) is 18.7 Å². The van der Waals surface area contributed by atoms with Crippen LogP contribution >= 0.6 is 0 Å². The number of nitrogens with zero attached hydrogens (tertiary/aromatic N) is 4. The van der Waals surface area contributed by atoms with Crippen molar-refractivity contribution in [1.29, 1.82) is 0 Å². The Morgan fingerprint density at radius 2 is 1.93 bits per heavy atom. The van der Waals surface area contributed by atoms with Crippen molar-refractivity contribution in [3.05, 3.63) is 41.4 Å². The summed E-state index contributed by atoms with van der Waals surface area (Å²) < 4.78 is 0. The van der Waals surface area contributed by atoms with Crippen LogP contribution in [-0.2, 0) is 4.79 Å². The summed E-state index contributed by atoms with van der Waals surface area (Å²) in [5.41, 5.74) is 2.18. The molecule has 1 unspecified atom stereocenters. The number of hydrogen-bond acceptors (Lipinski definition) is 7. The van der Waals surface area contributed by atoms with Crippen molar-refractivity contribution < 1.29 is 15.0 Å². The highest BCUT2D eigenvalue weighted by Gasteiger charge is 2.29. The van der Waals surface area contributed by atoms with Crippen LogP contribution in [0.3, 0.4) is 0 Å². The van der Waals surface area contributed by atoms with Gasteiger partial charge in [-0.3, -0.25) is 19.6 Å². The molecule has 0 spiro atoms. The highest BCUT2D eigenvalue weighted by Crippen LogP contribution is 2.35. The van der Waals surface area contributed by atoms with Crippen LogP contribution < -0.4 is 0 Å². The maximum atomic E-state index is 12.7. The summed E-state index contributed by atoms with van der Waals surface area (Å²) in [6, 6.07) is 3.89. The van der Waals surface area contributed by atoms with Crippen molar-refractivity contribution in [1.82, 2.24) is 19.8 Å². The molecular weight excluding hydrogens is 382 g/mol. The number of β-amino-alcohol motifs (C(OH)–C–C–N with tert-alkyl or cyclic N) is 1. The first-order chi connectivity index (χ1) is 14.7. The van der Waals surface area contributed by atoms with E-state index in [0.717, 1.165) is 55.9 Å². The van der Waals surface area contributed by atoms with Crippen LogP contribution in [0, 0.1) is 0 Å². The van der Waals surface area contributed by atoms with E-state index in [-0.39, 0.29) is 24.1 Å². The number of nitrogens with one attached hydrogen (secondary N) is 1. The number of allylic oxidation sites excluding steroid dienone is 2. The maximum absolute atomic E-state index is 12.7. The molecule has 8 nitrogen and oxygen atoms in total. The summed E-state index contributed by atoms with van der Waals surface area (Å²) in [4.78, 5) is 29.1. The summed E-state index contributed by atoms with van der Waals surface area (Å²) in [6.45, 7) is 6.21. The van der Waals surface area contributed by atoms with E-state index in [1.165, 1.54) is 0 Å². The van der Waals surface area contributed by atoms with E-state index >= 15 is 0 Å². The molecule has 1 fully saturated rings. The predicted octanol–water partition coefficient (Wildman–Crippen LogP) is 1.50. The monoisotopic (exact) mass is 411 g/mol. The van der Waals surface area contributed by atoms with Crippen molar-refractivity contribution in [2.24, 2.45) is 4.99 Å². The maximum Gasteiger partial charge on any atom is 0.168 e. The van der Waals surface area contributed by atoms with Crippen LogP contribution in [0.2, 0.25) is 0 Å². The molecule has 0 aromatic carbocycles. The van der Waals surface area contributed by atoms with Crippen molar-refractivity contribution in [2.45, 2.75) is 18.8 Å². The molecule has 0 bridgehead atoms. The van der Waals surface area contributed by atoms with Crippen LogP contribution in [0.25, 0.3) is 11.0 Å². The van der Waals surface area contributed by atoms with Gasteiger partial charge < -0.3 is 15.2 Å². The van der Waals surface area contributed by atoms with Gasteiger partial charge in [0.2, 0.25) is 0 Å². The summed E-state index contributed by atoms with van der Waals surface area (Å²) in [7, 11) is 0. The average Bonchev–Trinajstić information content (AvgIpc) is 3.23. The third kappa shape index (κ3) is 4.61.